The van der Waals surface area contributed by atoms with Crippen LogP contribution in [0, 0.1) is 21.0 Å². The van der Waals surface area contributed by atoms with Crippen LogP contribution in [0.4, 0.5) is 34.1 Å². The zero-order chi connectivity index (χ0) is 50.2. The standard InChI is InChI=1S/C64H52B2I2N2O2S2/c1-5-7-9-41-13-21-45(22-14-41)69(47-25-17-43(67)18-26-47)49-33-57-63-61(35-49)73-59-31-39(3)11-29-51(59)65(63)53-37-54-56(38-55(53)71-57)72-58-34-50(36-62-64(58)66(54)52-30-12-40(4)32-60(52)74-62)70(48-27-19-44(68)20-28-48)46-23-15-42(16-24-46)10-8-6-2/h11-38H,5-10H2,1-4H3. The van der Waals surface area contributed by atoms with E-state index in [2.05, 4.69) is 253 Å². The van der Waals surface area contributed by atoms with Gasteiger partial charge in [0.1, 0.15) is 23.0 Å². The summed E-state index contributed by atoms with van der Waals surface area (Å²) < 4.78 is 17.1. The highest BCUT2D eigenvalue weighted by Gasteiger charge is 2.45. The van der Waals surface area contributed by atoms with Crippen LogP contribution in [0.2, 0.25) is 0 Å². The lowest BCUT2D eigenvalue weighted by Crippen LogP contribution is -2.62. The normalized spacial score (nSPS) is 13.1. The van der Waals surface area contributed by atoms with Crippen LogP contribution in [0.5, 0.6) is 23.0 Å². The monoisotopic (exact) mass is 1220 g/mol. The molecule has 362 valence electrons. The second kappa shape index (κ2) is 19.9. The lowest BCUT2D eigenvalue weighted by Gasteiger charge is -2.38. The van der Waals surface area contributed by atoms with E-state index in [0.717, 1.165) is 70.0 Å². The van der Waals surface area contributed by atoms with Crippen LogP contribution in [-0.4, -0.2) is 13.4 Å². The minimum absolute atomic E-state index is 0.0286. The molecule has 0 saturated heterocycles. The number of benzene rings is 9. The first kappa shape index (κ1) is 48.1. The molecule has 0 N–H and O–H groups in total. The molecule has 9 aromatic carbocycles. The highest BCUT2D eigenvalue weighted by molar-refractivity contribution is 14.1. The average Bonchev–Trinajstić information content (AvgIpc) is 3.40. The average molecular weight is 1220 g/mol. The number of ether oxygens (including phenoxy) is 2. The molecule has 10 heteroatoms. The van der Waals surface area contributed by atoms with Crippen molar-refractivity contribution in [2.75, 3.05) is 9.80 Å². The third kappa shape index (κ3) is 8.75. The first-order valence-corrected chi connectivity index (χ1v) is 29.7. The van der Waals surface area contributed by atoms with Crippen molar-refractivity contribution in [3.05, 3.63) is 199 Å². The molecule has 9 aromatic rings. The van der Waals surface area contributed by atoms with Crippen molar-refractivity contribution >= 4 is 149 Å². The van der Waals surface area contributed by atoms with Crippen LogP contribution >= 0.6 is 68.7 Å². The van der Waals surface area contributed by atoms with Crippen molar-refractivity contribution in [2.45, 2.75) is 85.8 Å². The van der Waals surface area contributed by atoms with E-state index in [4.69, 9.17) is 9.47 Å². The minimum Gasteiger partial charge on any atom is -0.458 e. The van der Waals surface area contributed by atoms with Gasteiger partial charge in [-0.25, -0.2) is 0 Å². The van der Waals surface area contributed by atoms with Gasteiger partial charge in [0.05, 0.1) is 11.4 Å². The van der Waals surface area contributed by atoms with Crippen molar-refractivity contribution in [3.8, 4) is 23.0 Å². The van der Waals surface area contributed by atoms with E-state index in [1.165, 1.54) is 107 Å². The summed E-state index contributed by atoms with van der Waals surface area (Å²) in [5.41, 5.74) is 19.3. The largest absolute Gasteiger partial charge is 0.458 e. The molecule has 0 aliphatic carbocycles. The molecule has 0 radical (unpaired) electrons. The number of unbranched alkanes of at least 4 members (excludes halogenated alkanes) is 2. The molecule has 74 heavy (non-hydrogen) atoms. The van der Waals surface area contributed by atoms with Gasteiger partial charge in [-0.2, -0.15) is 0 Å². The molecule has 0 unspecified atom stereocenters. The molecule has 0 bridgehead atoms. The van der Waals surface area contributed by atoms with Crippen LogP contribution in [-0.2, 0) is 12.8 Å². The van der Waals surface area contributed by atoms with E-state index in [1.807, 2.05) is 23.5 Å². The number of hydrogen-bond acceptors (Lipinski definition) is 6. The van der Waals surface area contributed by atoms with E-state index >= 15 is 0 Å². The van der Waals surface area contributed by atoms with Crippen LogP contribution in [0.3, 0.4) is 0 Å². The molecule has 4 nitrogen and oxygen atoms in total. The maximum atomic E-state index is 7.34. The SMILES string of the molecule is CCCCc1ccc(N(c2ccc(I)cc2)c2cc3c4c(c2)Sc2cc(C)ccc2B4c2cc4c(cc2O3)Oc2cc(N(c3ccc(I)cc3)c3ccc(CCCC)cc3)cc3c2B4c2ccc(C)cc2S3)cc1. The third-order valence-corrected chi connectivity index (χ3v) is 18.8. The minimum atomic E-state index is -0.0286. The molecule has 4 aliphatic heterocycles. The van der Waals surface area contributed by atoms with E-state index in [9.17, 15) is 0 Å². The molecule has 0 saturated carbocycles. The van der Waals surface area contributed by atoms with E-state index < -0.39 is 0 Å². The summed E-state index contributed by atoms with van der Waals surface area (Å²) >= 11 is 8.54. The van der Waals surface area contributed by atoms with Crippen molar-refractivity contribution in [1.82, 2.24) is 0 Å². The Morgan fingerprint density at radius 3 is 1.18 bits per heavy atom. The third-order valence-electron chi connectivity index (χ3n) is 15.1. The van der Waals surface area contributed by atoms with Gasteiger partial charge in [0.15, 0.2) is 0 Å². The Balaban J connectivity index is 0.968. The van der Waals surface area contributed by atoms with Gasteiger partial charge < -0.3 is 19.3 Å². The fourth-order valence-corrected chi connectivity index (χ4v) is 14.7. The van der Waals surface area contributed by atoms with Crippen LogP contribution in [0.1, 0.15) is 61.8 Å². The van der Waals surface area contributed by atoms with E-state index in [1.54, 1.807) is 0 Å². The predicted octanol–water partition coefficient (Wildman–Crippen LogP) is 15.3. The lowest BCUT2D eigenvalue weighted by molar-refractivity contribution is 0.464. The topological polar surface area (TPSA) is 24.9 Å². The maximum absolute atomic E-state index is 7.34. The van der Waals surface area contributed by atoms with Crippen molar-refractivity contribution in [3.63, 3.8) is 0 Å². The number of rotatable bonds is 12. The number of aryl methyl sites for hydroxylation is 4. The second-order valence-electron chi connectivity index (χ2n) is 20.2. The molecular weight excluding hydrogens is 1170 g/mol. The molecule has 0 atom stereocenters. The summed E-state index contributed by atoms with van der Waals surface area (Å²) in [6.45, 7) is 8.87. The number of fused-ring (bicyclic) bond motifs is 8. The first-order chi connectivity index (χ1) is 36.2. The highest BCUT2D eigenvalue weighted by Crippen LogP contribution is 2.47. The Morgan fingerprint density at radius 1 is 0.392 bits per heavy atom. The summed E-state index contributed by atoms with van der Waals surface area (Å²) in [7, 11) is 0. The van der Waals surface area contributed by atoms with Crippen molar-refractivity contribution in [1.29, 1.82) is 0 Å². The van der Waals surface area contributed by atoms with Gasteiger partial charge >= 0.3 is 0 Å². The van der Waals surface area contributed by atoms with Crippen LogP contribution < -0.4 is 52.1 Å². The van der Waals surface area contributed by atoms with Crippen LogP contribution in [0.15, 0.2) is 189 Å². The zero-order valence-corrected chi connectivity index (χ0v) is 47.8. The van der Waals surface area contributed by atoms with Gasteiger partial charge in [0.25, 0.3) is 13.4 Å². The van der Waals surface area contributed by atoms with Gasteiger partial charge in [-0.05, 0) is 215 Å². The fourth-order valence-electron chi connectivity index (χ4n) is 11.4. The van der Waals surface area contributed by atoms with Gasteiger partial charge in [0.2, 0.25) is 0 Å². The van der Waals surface area contributed by atoms with E-state index in [0.29, 0.717) is 0 Å². The zero-order valence-electron chi connectivity index (χ0n) is 41.8. The molecule has 0 spiro atoms. The first-order valence-electron chi connectivity index (χ1n) is 25.9. The molecule has 0 aromatic heterocycles. The Morgan fingerprint density at radius 2 is 0.784 bits per heavy atom. The summed E-state index contributed by atoms with van der Waals surface area (Å²) in [6.07, 6.45) is 6.89. The van der Waals surface area contributed by atoms with Crippen LogP contribution in [0.25, 0.3) is 0 Å². The Kier molecular flexibility index (Phi) is 12.9. The summed E-state index contributed by atoms with van der Waals surface area (Å²) in [4.78, 5) is 9.80. The van der Waals surface area contributed by atoms with Gasteiger partial charge in [-0.15, -0.1) is 0 Å². The highest BCUT2D eigenvalue weighted by atomic mass is 127. The van der Waals surface area contributed by atoms with Gasteiger partial charge in [-0.3, -0.25) is 0 Å². The van der Waals surface area contributed by atoms with E-state index in [-0.39, 0.29) is 13.4 Å². The summed E-state index contributed by atoms with van der Waals surface area (Å²) in [5.74, 6) is 3.44. The smallest absolute Gasteiger partial charge is 0.253 e. The number of anilines is 6. The molecular formula is C64H52B2I2N2O2S2. The fraction of sp³-hybridized carbons (Fsp3) is 0.156. The number of nitrogens with zero attached hydrogens (tertiary/aromatic N) is 2. The molecule has 4 heterocycles. The van der Waals surface area contributed by atoms with Gasteiger partial charge in [-0.1, -0.05) is 127 Å². The maximum Gasteiger partial charge on any atom is 0.253 e. The molecule has 0 fully saturated rings. The number of halogens is 2. The Labute approximate surface area is 472 Å². The van der Waals surface area contributed by atoms with Crippen molar-refractivity contribution in [2.24, 2.45) is 0 Å². The Hall–Kier alpha value is -5.53. The van der Waals surface area contributed by atoms with Crippen molar-refractivity contribution < 1.29 is 9.47 Å². The Bertz CT molecular complexity index is 3430. The molecule has 0 amide bonds. The molecule has 4 aliphatic rings. The summed E-state index contributed by atoms with van der Waals surface area (Å²) in [6, 6.07) is 64.0. The lowest BCUT2D eigenvalue weighted by atomic mass is 9.32. The predicted molar refractivity (Wildman–Crippen MR) is 331 cm³/mol. The molecule has 13 rings (SSSR count). The quantitative estimate of drug-likeness (QED) is 0.0893. The number of hydrogen-bond donors (Lipinski definition) is 0. The van der Waals surface area contributed by atoms with Gasteiger partial charge in [0, 0.05) is 67.7 Å². The summed E-state index contributed by atoms with van der Waals surface area (Å²) in [5, 5.41) is 0. The second-order valence-corrected chi connectivity index (χ2v) is 24.8.